The van der Waals surface area contributed by atoms with Crippen molar-refractivity contribution in [2.75, 3.05) is 24.7 Å². The number of sulfonamides is 1. The highest BCUT2D eigenvalue weighted by Crippen LogP contribution is 2.21. The van der Waals surface area contributed by atoms with Crippen LogP contribution in [0.5, 0.6) is 5.75 Å². The van der Waals surface area contributed by atoms with Gasteiger partial charge in [0, 0.05) is 11.8 Å². The summed E-state index contributed by atoms with van der Waals surface area (Å²) in [7, 11) is -3.42. The standard InChI is InChI=1S/C13H20N2O3S2/c14-7-1-8-18-12-2-4-13(5-3-12)20(16,17)15-11-6-9-19-10-11/h2-5,11,15H,1,6-10,14H2. The van der Waals surface area contributed by atoms with E-state index < -0.39 is 10.0 Å². The Labute approximate surface area is 124 Å². The van der Waals surface area contributed by atoms with E-state index in [1.54, 1.807) is 36.0 Å². The van der Waals surface area contributed by atoms with E-state index in [1.165, 1.54) is 0 Å². The predicted molar refractivity (Wildman–Crippen MR) is 81.7 cm³/mol. The van der Waals surface area contributed by atoms with Crippen LogP contribution in [-0.2, 0) is 10.0 Å². The van der Waals surface area contributed by atoms with Gasteiger partial charge in [-0.25, -0.2) is 13.1 Å². The van der Waals surface area contributed by atoms with Crippen molar-refractivity contribution in [3.63, 3.8) is 0 Å². The fraction of sp³-hybridized carbons (Fsp3) is 0.538. The van der Waals surface area contributed by atoms with Gasteiger partial charge < -0.3 is 10.5 Å². The molecule has 2 rings (SSSR count). The fourth-order valence-corrected chi connectivity index (χ4v) is 4.43. The van der Waals surface area contributed by atoms with Gasteiger partial charge in [0.05, 0.1) is 11.5 Å². The Morgan fingerprint density at radius 1 is 1.35 bits per heavy atom. The monoisotopic (exact) mass is 316 g/mol. The van der Waals surface area contributed by atoms with Gasteiger partial charge in [-0.15, -0.1) is 0 Å². The molecule has 20 heavy (non-hydrogen) atoms. The number of nitrogens with two attached hydrogens (primary N) is 1. The van der Waals surface area contributed by atoms with Crippen LogP contribution in [0.25, 0.3) is 0 Å². The number of thioether (sulfide) groups is 1. The summed E-state index contributed by atoms with van der Waals surface area (Å²) in [6, 6.07) is 6.54. The van der Waals surface area contributed by atoms with Crippen LogP contribution in [0.15, 0.2) is 29.2 Å². The topological polar surface area (TPSA) is 81.4 Å². The molecule has 0 aliphatic carbocycles. The lowest BCUT2D eigenvalue weighted by molar-refractivity contribution is 0.313. The Balaban J connectivity index is 1.97. The van der Waals surface area contributed by atoms with Gasteiger partial charge in [-0.2, -0.15) is 11.8 Å². The molecule has 1 aliphatic heterocycles. The molecule has 0 spiro atoms. The van der Waals surface area contributed by atoms with Crippen LogP contribution in [0.4, 0.5) is 0 Å². The lowest BCUT2D eigenvalue weighted by Gasteiger charge is -2.12. The first-order valence-corrected chi connectivity index (χ1v) is 9.28. The fourth-order valence-electron chi connectivity index (χ4n) is 1.90. The summed E-state index contributed by atoms with van der Waals surface area (Å²) >= 11 is 1.77. The number of ether oxygens (including phenoxy) is 1. The van der Waals surface area contributed by atoms with Crippen molar-refractivity contribution in [3.05, 3.63) is 24.3 Å². The van der Waals surface area contributed by atoms with Gasteiger partial charge in [0.1, 0.15) is 5.75 Å². The Bertz CT molecular complexity index is 511. The van der Waals surface area contributed by atoms with Crippen molar-refractivity contribution in [3.8, 4) is 5.75 Å². The highest BCUT2D eigenvalue weighted by Gasteiger charge is 2.23. The van der Waals surface area contributed by atoms with Gasteiger partial charge in [0.25, 0.3) is 0 Å². The van der Waals surface area contributed by atoms with Crippen LogP contribution in [0, 0.1) is 0 Å². The van der Waals surface area contributed by atoms with Gasteiger partial charge in [0.15, 0.2) is 0 Å². The van der Waals surface area contributed by atoms with E-state index in [9.17, 15) is 8.42 Å². The molecule has 0 radical (unpaired) electrons. The lowest BCUT2D eigenvalue weighted by atomic mass is 10.3. The molecule has 1 saturated heterocycles. The molecule has 1 aromatic rings. The van der Waals surface area contributed by atoms with Gasteiger partial charge in [-0.3, -0.25) is 0 Å². The number of hydrogen-bond acceptors (Lipinski definition) is 5. The third kappa shape index (κ3) is 4.37. The van der Waals surface area contributed by atoms with Crippen LogP contribution >= 0.6 is 11.8 Å². The number of nitrogens with one attached hydrogen (secondary N) is 1. The second-order valence-electron chi connectivity index (χ2n) is 4.64. The Kier molecular flexibility index (Phi) is 5.71. The second-order valence-corrected chi connectivity index (χ2v) is 7.51. The summed E-state index contributed by atoms with van der Waals surface area (Å²) in [5.74, 6) is 2.52. The Morgan fingerprint density at radius 2 is 2.10 bits per heavy atom. The van der Waals surface area contributed by atoms with Gasteiger partial charge >= 0.3 is 0 Å². The summed E-state index contributed by atoms with van der Waals surface area (Å²) in [5.41, 5.74) is 5.38. The van der Waals surface area contributed by atoms with Crippen LogP contribution in [-0.4, -0.2) is 39.1 Å². The average Bonchev–Trinajstić information content (AvgIpc) is 2.92. The third-order valence-corrected chi connectivity index (χ3v) is 5.70. The van der Waals surface area contributed by atoms with Gasteiger partial charge in [-0.05, 0) is 49.4 Å². The van der Waals surface area contributed by atoms with Crippen LogP contribution < -0.4 is 15.2 Å². The first-order chi connectivity index (χ1) is 9.62. The predicted octanol–water partition coefficient (Wildman–Crippen LogP) is 1.20. The van der Waals surface area contributed by atoms with Crippen molar-refractivity contribution >= 4 is 21.8 Å². The van der Waals surface area contributed by atoms with E-state index in [0.717, 1.165) is 24.3 Å². The summed E-state index contributed by atoms with van der Waals surface area (Å²) in [5, 5.41) is 0. The highest BCUT2D eigenvalue weighted by molar-refractivity contribution is 7.99. The summed E-state index contributed by atoms with van der Waals surface area (Å²) in [6.45, 7) is 1.12. The zero-order valence-corrected chi connectivity index (χ0v) is 12.9. The lowest BCUT2D eigenvalue weighted by Crippen LogP contribution is -2.34. The van der Waals surface area contributed by atoms with Crippen molar-refractivity contribution in [2.24, 2.45) is 5.73 Å². The molecular weight excluding hydrogens is 296 g/mol. The molecule has 1 aliphatic rings. The quantitative estimate of drug-likeness (QED) is 0.739. The van der Waals surface area contributed by atoms with E-state index in [1.807, 2.05) is 0 Å². The number of benzene rings is 1. The van der Waals surface area contributed by atoms with Crippen LogP contribution in [0.3, 0.4) is 0 Å². The minimum Gasteiger partial charge on any atom is -0.494 e. The van der Waals surface area contributed by atoms with E-state index in [-0.39, 0.29) is 10.9 Å². The zero-order valence-electron chi connectivity index (χ0n) is 11.2. The van der Waals surface area contributed by atoms with E-state index in [0.29, 0.717) is 18.9 Å². The first-order valence-electron chi connectivity index (χ1n) is 6.65. The highest BCUT2D eigenvalue weighted by atomic mass is 32.2. The van der Waals surface area contributed by atoms with Crippen molar-refractivity contribution in [1.29, 1.82) is 0 Å². The molecule has 5 nitrogen and oxygen atoms in total. The first kappa shape index (κ1) is 15.6. The largest absolute Gasteiger partial charge is 0.494 e. The zero-order chi connectivity index (χ0) is 14.4. The van der Waals surface area contributed by atoms with Crippen molar-refractivity contribution < 1.29 is 13.2 Å². The van der Waals surface area contributed by atoms with Crippen LogP contribution in [0.2, 0.25) is 0 Å². The summed E-state index contributed by atoms with van der Waals surface area (Å²) < 4.78 is 32.6. The molecular formula is C13H20N2O3S2. The molecule has 1 unspecified atom stereocenters. The Morgan fingerprint density at radius 3 is 2.70 bits per heavy atom. The molecule has 0 saturated carbocycles. The van der Waals surface area contributed by atoms with Gasteiger partial charge in [-0.1, -0.05) is 0 Å². The molecule has 7 heteroatoms. The number of hydrogen-bond donors (Lipinski definition) is 2. The summed E-state index contributed by atoms with van der Waals surface area (Å²) in [4.78, 5) is 0.278. The van der Waals surface area contributed by atoms with Crippen LogP contribution in [0.1, 0.15) is 12.8 Å². The van der Waals surface area contributed by atoms with E-state index in [2.05, 4.69) is 4.72 Å². The maximum Gasteiger partial charge on any atom is 0.240 e. The SMILES string of the molecule is NCCCOc1ccc(S(=O)(=O)NC2CCSC2)cc1. The molecule has 0 amide bonds. The normalized spacial score (nSPS) is 19.1. The van der Waals surface area contributed by atoms with Gasteiger partial charge in [0.2, 0.25) is 10.0 Å². The maximum atomic E-state index is 12.2. The molecule has 1 fully saturated rings. The number of rotatable bonds is 7. The molecule has 3 N–H and O–H groups in total. The Hall–Kier alpha value is -0.760. The smallest absolute Gasteiger partial charge is 0.240 e. The summed E-state index contributed by atoms with van der Waals surface area (Å²) in [6.07, 6.45) is 1.67. The minimum atomic E-state index is -3.42. The molecule has 0 aromatic heterocycles. The molecule has 1 atom stereocenters. The van der Waals surface area contributed by atoms with E-state index in [4.69, 9.17) is 10.5 Å². The minimum absolute atomic E-state index is 0.0467. The second kappa shape index (κ2) is 7.31. The maximum absolute atomic E-state index is 12.2. The molecule has 0 bridgehead atoms. The molecule has 1 aromatic carbocycles. The molecule has 112 valence electrons. The average molecular weight is 316 g/mol. The third-order valence-electron chi connectivity index (χ3n) is 3.00. The van der Waals surface area contributed by atoms with E-state index >= 15 is 0 Å². The molecule has 1 heterocycles. The van der Waals surface area contributed by atoms with Crippen molar-refractivity contribution in [2.45, 2.75) is 23.8 Å². The van der Waals surface area contributed by atoms with Crippen molar-refractivity contribution in [1.82, 2.24) is 4.72 Å².